The molecule has 2 aromatic rings. The van der Waals surface area contributed by atoms with Crippen LogP contribution < -0.4 is 5.73 Å². The van der Waals surface area contributed by atoms with E-state index in [1.807, 2.05) is 0 Å². The second-order valence-corrected chi connectivity index (χ2v) is 4.53. The van der Waals surface area contributed by atoms with Gasteiger partial charge in [0.1, 0.15) is 16.6 Å². The Morgan fingerprint density at radius 3 is 2.83 bits per heavy atom. The van der Waals surface area contributed by atoms with Crippen LogP contribution in [0.5, 0.6) is 0 Å². The van der Waals surface area contributed by atoms with E-state index in [2.05, 4.69) is 31.0 Å². The monoisotopic (exact) mass is 310 g/mol. The third kappa shape index (κ3) is 2.19. The number of carbonyl (C=O) groups excluding carboxylic acids is 1. The maximum Gasteiger partial charge on any atom is 0.273 e. The average Bonchev–Trinajstić information content (AvgIpc) is 2.80. The first kappa shape index (κ1) is 12.5. The smallest absolute Gasteiger partial charge is 0.273 e. The molecule has 7 nitrogen and oxygen atoms in total. The molecule has 0 aliphatic rings. The van der Waals surface area contributed by atoms with Crippen LogP contribution in [0.1, 0.15) is 10.5 Å². The van der Waals surface area contributed by atoms with Gasteiger partial charge in [0, 0.05) is 20.3 Å². The molecule has 2 N–H and O–H groups in total. The number of nitrogens with two attached hydrogens (primary N) is 1. The molecule has 0 fully saturated rings. The predicted molar refractivity (Wildman–Crippen MR) is 69.3 cm³/mol. The summed E-state index contributed by atoms with van der Waals surface area (Å²) in [7, 11) is 3.33. The molecule has 2 aromatic heterocycles. The molecule has 0 saturated carbocycles. The summed E-state index contributed by atoms with van der Waals surface area (Å²) in [5.41, 5.74) is 6.00. The first-order valence-electron chi connectivity index (χ1n) is 5.04. The number of rotatable bonds is 2. The first-order valence-corrected chi connectivity index (χ1v) is 5.83. The topological polar surface area (TPSA) is 89.9 Å². The number of amides is 1. The van der Waals surface area contributed by atoms with Crippen molar-refractivity contribution in [1.29, 1.82) is 0 Å². The minimum atomic E-state index is -0.174. The van der Waals surface area contributed by atoms with E-state index in [1.165, 1.54) is 15.9 Å². The normalized spacial score (nSPS) is 10.4. The van der Waals surface area contributed by atoms with Gasteiger partial charge in [-0.15, -0.1) is 0 Å². The third-order valence-corrected chi connectivity index (χ3v) is 2.99. The van der Waals surface area contributed by atoms with Crippen molar-refractivity contribution in [3.8, 4) is 5.82 Å². The second kappa shape index (κ2) is 4.73. The number of aromatic nitrogens is 4. The quantitative estimate of drug-likeness (QED) is 0.882. The summed E-state index contributed by atoms with van der Waals surface area (Å²) in [5.74, 6) is 0.628. The molecule has 0 bridgehead atoms. The largest absolute Gasteiger partial charge is 0.383 e. The number of hydrogen-bond acceptors (Lipinski definition) is 5. The summed E-state index contributed by atoms with van der Waals surface area (Å²) >= 11 is 3.29. The highest BCUT2D eigenvalue weighted by Crippen LogP contribution is 2.22. The Labute approximate surface area is 112 Å². The standard InChI is InChI=1S/C10H11BrN6O/c1-16(2)10(18)6-3-4-17(15-6)9-7(11)8(12)13-5-14-9/h3-5H,1-2H3,(H2,12,13,14). The van der Waals surface area contributed by atoms with Gasteiger partial charge in [0.05, 0.1) is 0 Å². The number of carbonyl (C=O) groups is 1. The number of hydrogen-bond donors (Lipinski definition) is 1. The van der Waals surface area contributed by atoms with Crippen LogP contribution in [0, 0.1) is 0 Å². The van der Waals surface area contributed by atoms with E-state index in [1.54, 1.807) is 26.4 Å². The molecule has 0 aromatic carbocycles. The van der Waals surface area contributed by atoms with Crippen molar-refractivity contribution in [3.05, 3.63) is 28.8 Å². The average molecular weight is 311 g/mol. The fourth-order valence-electron chi connectivity index (χ4n) is 1.32. The van der Waals surface area contributed by atoms with Crippen LogP contribution in [0.2, 0.25) is 0 Å². The Bertz CT molecular complexity index is 594. The summed E-state index contributed by atoms with van der Waals surface area (Å²) in [6, 6.07) is 1.62. The minimum absolute atomic E-state index is 0.174. The number of nitrogen functional groups attached to an aromatic ring is 1. The molecule has 2 heterocycles. The van der Waals surface area contributed by atoms with Crippen LogP contribution in [0.4, 0.5) is 5.82 Å². The fraction of sp³-hybridized carbons (Fsp3) is 0.200. The Balaban J connectivity index is 2.41. The van der Waals surface area contributed by atoms with E-state index in [9.17, 15) is 4.79 Å². The highest BCUT2D eigenvalue weighted by molar-refractivity contribution is 9.10. The third-order valence-electron chi connectivity index (χ3n) is 2.23. The zero-order chi connectivity index (χ0) is 13.3. The summed E-state index contributed by atoms with van der Waals surface area (Å²) in [6.07, 6.45) is 2.98. The number of anilines is 1. The van der Waals surface area contributed by atoms with Crippen LogP contribution in [-0.2, 0) is 0 Å². The zero-order valence-electron chi connectivity index (χ0n) is 9.83. The van der Waals surface area contributed by atoms with Gasteiger partial charge in [0.25, 0.3) is 5.91 Å². The van der Waals surface area contributed by atoms with Crippen molar-refractivity contribution < 1.29 is 4.79 Å². The number of nitrogens with zero attached hydrogens (tertiary/aromatic N) is 5. The summed E-state index contributed by atoms with van der Waals surface area (Å²) in [6.45, 7) is 0. The van der Waals surface area contributed by atoms with Gasteiger partial charge in [-0.05, 0) is 22.0 Å². The van der Waals surface area contributed by atoms with Gasteiger partial charge in [0.2, 0.25) is 0 Å². The molecule has 18 heavy (non-hydrogen) atoms. The molecule has 0 unspecified atom stereocenters. The Hall–Kier alpha value is -1.96. The van der Waals surface area contributed by atoms with Crippen molar-refractivity contribution in [1.82, 2.24) is 24.6 Å². The van der Waals surface area contributed by atoms with Crippen LogP contribution in [0.15, 0.2) is 23.1 Å². The molecule has 0 saturated heterocycles. The van der Waals surface area contributed by atoms with Crippen molar-refractivity contribution >= 4 is 27.7 Å². The van der Waals surface area contributed by atoms with Crippen LogP contribution in [-0.4, -0.2) is 44.7 Å². The summed E-state index contributed by atoms with van der Waals surface area (Å²) in [5, 5.41) is 4.15. The van der Waals surface area contributed by atoms with E-state index in [4.69, 9.17) is 5.73 Å². The van der Waals surface area contributed by atoms with Gasteiger partial charge in [-0.1, -0.05) is 0 Å². The fourth-order valence-corrected chi connectivity index (χ4v) is 1.70. The van der Waals surface area contributed by atoms with E-state index >= 15 is 0 Å². The van der Waals surface area contributed by atoms with Crippen LogP contribution in [0.3, 0.4) is 0 Å². The molecule has 0 aliphatic heterocycles. The summed E-state index contributed by atoms with van der Waals surface area (Å²) in [4.78, 5) is 21.1. The molecule has 94 valence electrons. The van der Waals surface area contributed by atoms with Gasteiger partial charge in [-0.3, -0.25) is 4.79 Å². The molecule has 0 radical (unpaired) electrons. The Kier molecular flexibility index (Phi) is 3.28. The van der Waals surface area contributed by atoms with Crippen LogP contribution >= 0.6 is 15.9 Å². The molecule has 8 heteroatoms. The van der Waals surface area contributed by atoms with Gasteiger partial charge in [-0.2, -0.15) is 5.10 Å². The first-order chi connectivity index (χ1) is 8.50. The van der Waals surface area contributed by atoms with Crippen molar-refractivity contribution in [2.75, 3.05) is 19.8 Å². The highest BCUT2D eigenvalue weighted by Gasteiger charge is 2.14. The highest BCUT2D eigenvalue weighted by atomic mass is 79.9. The van der Waals surface area contributed by atoms with Crippen molar-refractivity contribution in [2.24, 2.45) is 0 Å². The van der Waals surface area contributed by atoms with Crippen molar-refractivity contribution in [3.63, 3.8) is 0 Å². The lowest BCUT2D eigenvalue weighted by molar-refractivity contribution is 0.0821. The Morgan fingerprint density at radius 2 is 2.17 bits per heavy atom. The van der Waals surface area contributed by atoms with Crippen molar-refractivity contribution in [2.45, 2.75) is 0 Å². The van der Waals surface area contributed by atoms with E-state index in [0.717, 1.165) is 0 Å². The molecule has 0 aliphatic carbocycles. The molecular weight excluding hydrogens is 300 g/mol. The second-order valence-electron chi connectivity index (χ2n) is 3.74. The Morgan fingerprint density at radius 1 is 1.44 bits per heavy atom. The molecule has 1 amide bonds. The van der Waals surface area contributed by atoms with E-state index in [0.29, 0.717) is 21.8 Å². The molecular formula is C10H11BrN6O. The lowest BCUT2D eigenvalue weighted by atomic mass is 10.4. The molecule has 0 atom stereocenters. The zero-order valence-corrected chi connectivity index (χ0v) is 11.4. The maximum absolute atomic E-state index is 11.7. The summed E-state index contributed by atoms with van der Waals surface area (Å²) < 4.78 is 2.01. The molecule has 2 rings (SSSR count). The lowest BCUT2D eigenvalue weighted by Crippen LogP contribution is -2.22. The van der Waals surface area contributed by atoms with E-state index < -0.39 is 0 Å². The maximum atomic E-state index is 11.7. The minimum Gasteiger partial charge on any atom is -0.383 e. The number of halogens is 1. The van der Waals surface area contributed by atoms with Crippen LogP contribution in [0.25, 0.3) is 5.82 Å². The van der Waals surface area contributed by atoms with Gasteiger partial charge in [-0.25, -0.2) is 14.6 Å². The lowest BCUT2D eigenvalue weighted by Gasteiger charge is -2.07. The van der Waals surface area contributed by atoms with Gasteiger partial charge in [0.15, 0.2) is 11.5 Å². The van der Waals surface area contributed by atoms with Gasteiger partial charge >= 0.3 is 0 Å². The SMILES string of the molecule is CN(C)C(=O)c1ccn(-c2ncnc(N)c2Br)n1. The molecule has 0 spiro atoms. The van der Waals surface area contributed by atoms with E-state index in [-0.39, 0.29) is 5.91 Å². The predicted octanol–water partition coefficient (Wildman–Crippen LogP) is 0.709. The van der Waals surface area contributed by atoms with Gasteiger partial charge < -0.3 is 10.6 Å².